The van der Waals surface area contributed by atoms with Gasteiger partial charge >= 0.3 is 0 Å². The minimum Gasteiger partial charge on any atom is -0.395 e. The van der Waals surface area contributed by atoms with Crippen LogP contribution in [0.1, 0.15) is 24.3 Å². The minimum atomic E-state index is -2.66. The molecule has 5 heteroatoms. The van der Waals surface area contributed by atoms with Crippen LogP contribution in [-0.2, 0) is 4.84 Å². The van der Waals surface area contributed by atoms with Crippen LogP contribution in [0.2, 0.25) is 0 Å². The lowest BCUT2D eigenvalue weighted by molar-refractivity contribution is 0.0554. The average molecular weight is 297 g/mol. The Kier molecular flexibility index (Phi) is 3.96. The first-order valence-electron chi connectivity index (χ1n) is 6.88. The van der Waals surface area contributed by atoms with Gasteiger partial charge in [-0.15, -0.1) is 0 Å². The largest absolute Gasteiger partial charge is 0.395 e. The summed E-state index contributed by atoms with van der Waals surface area (Å²) in [6.07, 6.45) is 1.82. The molecule has 0 unspecified atom stereocenters. The molecule has 1 aromatic rings. The zero-order valence-corrected chi connectivity index (χ0v) is 11.9. The van der Waals surface area contributed by atoms with Gasteiger partial charge in [-0.2, -0.15) is 11.8 Å². The highest BCUT2D eigenvalue weighted by Crippen LogP contribution is 2.61. The molecule has 0 aromatic heterocycles. The van der Waals surface area contributed by atoms with E-state index in [4.69, 9.17) is 4.84 Å². The Morgan fingerprint density at radius 3 is 2.60 bits per heavy atom. The number of alkyl halides is 2. The molecule has 2 nitrogen and oxygen atoms in total. The van der Waals surface area contributed by atoms with Crippen LogP contribution in [0.4, 0.5) is 8.78 Å². The van der Waals surface area contributed by atoms with Crippen LogP contribution in [0, 0.1) is 5.92 Å². The van der Waals surface area contributed by atoms with Crippen LogP contribution in [0.3, 0.4) is 0 Å². The van der Waals surface area contributed by atoms with Crippen molar-refractivity contribution in [2.24, 2.45) is 11.1 Å². The predicted molar refractivity (Wildman–Crippen MR) is 77.6 cm³/mol. The zero-order valence-electron chi connectivity index (χ0n) is 11.1. The first-order valence-corrected chi connectivity index (χ1v) is 8.03. The number of nitrogens with zero attached hydrogens (tertiary/aromatic N) is 1. The van der Waals surface area contributed by atoms with Gasteiger partial charge in [0.15, 0.2) is 0 Å². The number of benzene rings is 1. The quantitative estimate of drug-likeness (QED) is 0.785. The molecular formula is C15H17F2NOS. The maximum absolute atomic E-state index is 13.8. The topological polar surface area (TPSA) is 21.6 Å². The number of oxime groups is 1. The molecule has 1 aliphatic carbocycles. The highest BCUT2D eigenvalue weighted by atomic mass is 32.2. The second-order valence-corrected chi connectivity index (χ2v) is 6.46. The van der Waals surface area contributed by atoms with Gasteiger partial charge < -0.3 is 4.84 Å². The molecule has 0 bridgehead atoms. The Hall–Kier alpha value is -1.10. The molecule has 1 heterocycles. The zero-order chi connectivity index (χ0) is 14.0. The van der Waals surface area contributed by atoms with E-state index in [-0.39, 0.29) is 6.61 Å². The van der Waals surface area contributed by atoms with Gasteiger partial charge in [0, 0.05) is 0 Å². The van der Waals surface area contributed by atoms with Gasteiger partial charge in [-0.3, -0.25) is 0 Å². The van der Waals surface area contributed by atoms with Gasteiger partial charge in [0.25, 0.3) is 5.92 Å². The van der Waals surface area contributed by atoms with Crippen molar-refractivity contribution in [2.45, 2.75) is 24.7 Å². The van der Waals surface area contributed by atoms with Crippen LogP contribution in [0.5, 0.6) is 0 Å². The fraction of sp³-hybridized carbons (Fsp3) is 0.533. The van der Waals surface area contributed by atoms with E-state index in [1.165, 1.54) is 0 Å². The minimum absolute atomic E-state index is 0.00318. The first-order chi connectivity index (χ1) is 9.69. The van der Waals surface area contributed by atoms with E-state index in [1.54, 1.807) is 24.3 Å². The maximum atomic E-state index is 13.8. The van der Waals surface area contributed by atoms with Crippen molar-refractivity contribution in [3.05, 3.63) is 35.9 Å². The Labute approximate surface area is 121 Å². The fourth-order valence-electron chi connectivity index (χ4n) is 2.62. The van der Waals surface area contributed by atoms with E-state index in [1.807, 2.05) is 17.8 Å². The third-order valence-electron chi connectivity index (χ3n) is 3.88. The van der Waals surface area contributed by atoms with Crippen molar-refractivity contribution in [2.75, 3.05) is 18.1 Å². The molecule has 1 saturated heterocycles. The molecule has 0 spiro atoms. The van der Waals surface area contributed by atoms with Crippen molar-refractivity contribution in [1.29, 1.82) is 0 Å². The summed E-state index contributed by atoms with van der Waals surface area (Å²) in [5, 5.41) is 4.03. The first kappa shape index (κ1) is 13.9. The van der Waals surface area contributed by atoms with E-state index in [0.29, 0.717) is 5.56 Å². The SMILES string of the molecule is FC1(F)[C@@H](CON=C2CCSCC2)[C@@H]1c1ccccc1. The van der Waals surface area contributed by atoms with Crippen molar-refractivity contribution in [1.82, 2.24) is 0 Å². The third kappa shape index (κ3) is 2.82. The Bertz CT molecular complexity index is 484. The van der Waals surface area contributed by atoms with Gasteiger partial charge in [0.2, 0.25) is 0 Å². The van der Waals surface area contributed by atoms with Crippen molar-refractivity contribution >= 4 is 17.5 Å². The lowest BCUT2D eigenvalue weighted by Crippen LogP contribution is -2.10. The molecule has 0 radical (unpaired) electrons. The molecule has 20 heavy (non-hydrogen) atoms. The molecule has 2 aliphatic rings. The molecule has 1 saturated carbocycles. The summed E-state index contributed by atoms with van der Waals surface area (Å²) >= 11 is 1.89. The van der Waals surface area contributed by atoms with Crippen LogP contribution < -0.4 is 0 Å². The van der Waals surface area contributed by atoms with Crippen LogP contribution in [-0.4, -0.2) is 29.7 Å². The second kappa shape index (κ2) is 5.72. The maximum Gasteiger partial charge on any atom is 0.262 e. The van der Waals surface area contributed by atoms with E-state index in [2.05, 4.69) is 5.16 Å². The predicted octanol–water partition coefficient (Wildman–Crippen LogP) is 3.93. The smallest absolute Gasteiger partial charge is 0.262 e. The highest BCUT2D eigenvalue weighted by molar-refractivity contribution is 7.99. The van der Waals surface area contributed by atoms with Gasteiger partial charge in [-0.25, -0.2) is 8.78 Å². The van der Waals surface area contributed by atoms with Crippen molar-refractivity contribution in [3.63, 3.8) is 0 Å². The summed E-state index contributed by atoms with van der Waals surface area (Å²) in [7, 11) is 0. The summed E-state index contributed by atoms with van der Waals surface area (Å²) in [6.45, 7) is 0.00318. The third-order valence-corrected chi connectivity index (χ3v) is 4.86. The van der Waals surface area contributed by atoms with Gasteiger partial charge in [0.1, 0.15) is 6.61 Å². The Balaban J connectivity index is 1.56. The summed E-state index contributed by atoms with van der Waals surface area (Å²) in [5.41, 5.74) is 1.69. The number of thioether (sulfide) groups is 1. The molecule has 1 aromatic carbocycles. The van der Waals surface area contributed by atoms with Crippen molar-refractivity contribution in [3.8, 4) is 0 Å². The monoisotopic (exact) mass is 297 g/mol. The van der Waals surface area contributed by atoms with Gasteiger partial charge in [-0.05, 0) is 29.9 Å². The van der Waals surface area contributed by atoms with Crippen LogP contribution in [0.25, 0.3) is 0 Å². The number of hydrogen-bond donors (Lipinski definition) is 0. The van der Waals surface area contributed by atoms with E-state index in [9.17, 15) is 8.78 Å². The highest BCUT2D eigenvalue weighted by Gasteiger charge is 2.69. The standard InChI is InChI=1S/C15H17F2NOS/c16-15(17)13(14(15)11-4-2-1-3-5-11)10-19-18-12-6-8-20-9-7-12/h1-5,13-14H,6-10H2/t13-,14-/m0/s1. The summed E-state index contributed by atoms with van der Waals surface area (Å²) in [4.78, 5) is 5.18. The molecular weight excluding hydrogens is 280 g/mol. The molecule has 2 fully saturated rings. The normalized spacial score (nSPS) is 28.0. The summed E-state index contributed by atoms with van der Waals surface area (Å²) in [6, 6.07) is 8.93. The lowest BCUT2D eigenvalue weighted by Gasteiger charge is -2.11. The molecule has 0 N–H and O–H groups in total. The number of rotatable bonds is 4. The summed E-state index contributed by atoms with van der Waals surface area (Å²) in [5.74, 6) is -2.02. The van der Waals surface area contributed by atoms with Gasteiger partial charge in [0.05, 0.1) is 17.5 Å². The van der Waals surface area contributed by atoms with E-state index in [0.717, 1.165) is 30.1 Å². The average Bonchev–Trinajstić information content (AvgIpc) is 3.02. The second-order valence-electron chi connectivity index (χ2n) is 5.24. The molecule has 2 atom stereocenters. The number of hydrogen-bond acceptors (Lipinski definition) is 3. The van der Waals surface area contributed by atoms with Gasteiger partial charge in [-0.1, -0.05) is 35.5 Å². The summed E-state index contributed by atoms with van der Waals surface area (Å²) < 4.78 is 27.6. The molecule has 108 valence electrons. The van der Waals surface area contributed by atoms with Crippen LogP contribution >= 0.6 is 11.8 Å². The van der Waals surface area contributed by atoms with E-state index >= 15 is 0 Å². The van der Waals surface area contributed by atoms with Crippen LogP contribution in [0.15, 0.2) is 35.5 Å². The molecule has 3 rings (SSSR count). The number of halogens is 2. The Morgan fingerprint density at radius 1 is 1.20 bits per heavy atom. The lowest BCUT2D eigenvalue weighted by atomic mass is 10.1. The van der Waals surface area contributed by atoms with E-state index < -0.39 is 17.8 Å². The molecule has 0 amide bonds. The fourth-order valence-corrected chi connectivity index (χ4v) is 3.58. The Morgan fingerprint density at radius 2 is 1.90 bits per heavy atom. The molecule has 1 aliphatic heterocycles. The van der Waals surface area contributed by atoms with Crippen molar-refractivity contribution < 1.29 is 13.6 Å².